The van der Waals surface area contributed by atoms with Crippen molar-refractivity contribution in [1.82, 2.24) is 20.5 Å². The zero-order valence-corrected chi connectivity index (χ0v) is 22.5. The molecule has 1 aliphatic carbocycles. The van der Waals surface area contributed by atoms with Gasteiger partial charge in [-0.1, -0.05) is 31.4 Å². The van der Waals surface area contributed by atoms with Crippen molar-refractivity contribution in [3.63, 3.8) is 0 Å². The fourth-order valence-electron chi connectivity index (χ4n) is 5.20. The van der Waals surface area contributed by atoms with Crippen LogP contribution in [0.3, 0.4) is 0 Å². The van der Waals surface area contributed by atoms with E-state index in [-0.39, 0.29) is 35.1 Å². The highest BCUT2D eigenvalue weighted by molar-refractivity contribution is 7.10. The number of thiazole rings is 1. The van der Waals surface area contributed by atoms with Crippen LogP contribution in [0.15, 0.2) is 29.6 Å². The Bertz CT molecular complexity index is 1180. The van der Waals surface area contributed by atoms with E-state index in [1.165, 1.54) is 37.4 Å². The molecule has 3 atom stereocenters. The molecule has 2 aromatic rings. The van der Waals surface area contributed by atoms with Crippen molar-refractivity contribution in [1.29, 1.82) is 0 Å². The van der Waals surface area contributed by atoms with Crippen LogP contribution in [0.1, 0.15) is 79.0 Å². The van der Waals surface area contributed by atoms with Crippen molar-refractivity contribution in [2.45, 2.75) is 70.1 Å². The second kappa shape index (κ2) is 12.4. The number of amides is 3. The van der Waals surface area contributed by atoms with E-state index >= 15 is 0 Å². The number of alkyl carbamates (subject to hydrolysis) is 1. The second-order valence-corrected chi connectivity index (χ2v) is 10.7. The maximum Gasteiger partial charge on any atom is 0.407 e. The predicted molar refractivity (Wildman–Crippen MR) is 141 cm³/mol. The number of ether oxygens (including phenoxy) is 1. The number of phenols is 1. The molecule has 3 amide bonds. The number of phenolic OH excluding ortho intramolecular Hbond substituents is 1. The van der Waals surface area contributed by atoms with Crippen LogP contribution < -0.4 is 10.6 Å². The summed E-state index contributed by atoms with van der Waals surface area (Å²) >= 11 is 1.33. The molecule has 2 unspecified atom stereocenters. The van der Waals surface area contributed by atoms with Gasteiger partial charge in [0.25, 0.3) is 5.91 Å². The second-order valence-electron chi connectivity index (χ2n) is 9.82. The highest BCUT2D eigenvalue weighted by Gasteiger charge is 2.40. The summed E-state index contributed by atoms with van der Waals surface area (Å²) in [5, 5.41) is 17.3. The van der Waals surface area contributed by atoms with Gasteiger partial charge in [-0.15, -0.1) is 11.3 Å². The number of ketones is 1. The van der Waals surface area contributed by atoms with Crippen LogP contribution in [0.25, 0.3) is 0 Å². The van der Waals surface area contributed by atoms with E-state index < -0.39 is 24.1 Å². The van der Waals surface area contributed by atoms with E-state index in [2.05, 4.69) is 15.6 Å². The van der Waals surface area contributed by atoms with Gasteiger partial charge in [-0.2, -0.15) is 0 Å². The Morgan fingerprint density at radius 2 is 1.89 bits per heavy atom. The van der Waals surface area contributed by atoms with Crippen LogP contribution >= 0.6 is 11.3 Å². The summed E-state index contributed by atoms with van der Waals surface area (Å²) in [7, 11) is 1.41. The molecule has 204 valence electrons. The minimum Gasteiger partial charge on any atom is -0.508 e. The molecule has 1 saturated carbocycles. The Labute approximate surface area is 225 Å². The molecule has 38 heavy (non-hydrogen) atoms. The molecule has 1 saturated heterocycles. The first-order valence-electron chi connectivity index (χ1n) is 13.1. The summed E-state index contributed by atoms with van der Waals surface area (Å²) in [6.45, 7) is 2.01. The van der Waals surface area contributed by atoms with Crippen molar-refractivity contribution in [3.8, 4) is 5.75 Å². The van der Waals surface area contributed by atoms with Crippen LogP contribution in [-0.2, 0) is 14.3 Å². The van der Waals surface area contributed by atoms with Crippen LogP contribution in [0.2, 0.25) is 0 Å². The third-order valence-electron chi connectivity index (χ3n) is 7.23. The van der Waals surface area contributed by atoms with Crippen LogP contribution in [0.4, 0.5) is 4.79 Å². The van der Waals surface area contributed by atoms with Gasteiger partial charge in [0.05, 0.1) is 6.04 Å². The van der Waals surface area contributed by atoms with Gasteiger partial charge < -0.3 is 25.4 Å². The Morgan fingerprint density at radius 1 is 1.13 bits per heavy atom. The fourth-order valence-corrected chi connectivity index (χ4v) is 6.14. The largest absolute Gasteiger partial charge is 0.508 e. The fraction of sp³-hybridized carbons (Fsp3) is 0.519. The molecule has 3 N–H and O–H groups in total. The van der Waals surface area contributed by atoms with E-state index in [0.717, 1.165) is 38.5 Å². The highest BCUT2D eigenvalue weighted by Crippen LogP contribution is 2.36. The van der Waals surface area contributed by atoms with Crippen LogP contribution in [-0.4, -0.2) is 64.4 Å². The maximum absolute atomic E-state index is 13.9. The zero-order valence-electron chi connectivity index (χ0n) is 21.6. The van der Waals surface area contributed by atoms with Crippen molar-refractivity contribution >= 4 is 35.0 Å². The highest BCUT2D eigenvalue weighted by atomic mass is 32.1. The number of rotatable bonds is 8. The van der Waals surface area contributed by atoms with E-state index in [0.29, 0.717) is 23.5 Å². The van der Waals surface area contributed by atoms with Gasteiger partial charge >= 0.3 is 6.09 Å². The summed E-state index contributed by atoms with van der Waals surface area (Å²) in [5.41, 5.74) is 0.613. The van der Waals surface area contributed by atoms with Gasteiger partial charge in [-0.25, -0.2) is 9.78 Å². The quantitative estimate of drug-likeness (QED) is 0.434. The summed E-state index contributed by atoms with van der Waals surface area (Å²) in [5.74, 6) is -0.980. The number of hydrogen-bond acceptors (Lipinski definition) is 8. The zero-order chi connectivity index (χ0) is 27.2. The molecule has 4 rings (SSSR count). The molecule has 0 bridgehead atoms. The molecule has 10 nitrogen and oxygen atoms in total. The molecule has 1 aromatic heterocycles. The normalized spacial score (nSPS) is 19.4. The average molecular weight is 543 g/mol. The van der Waals surface area contributed by atoms with Crippen molar-refractivity contribution in [2.75, 3.05) is 13.6 Å². The average Bonchev–Trinajstić information content (AvgIpc) is 3.61. The molecule has 0 spiro atoms. The van der Waals surface area contributed by atoms with Gasteiger partial charge in [-0.3, -0.25) is 14.4 Å². The van der Waals surface area contributed by atoms with Crippen molar-refractivity contribution < 1.29 is 29.0 Å². The standard InChI is InChI=1S/C27H34N4O6S/c1-16(37-27(36)28-2)24(34)30-22(17-8-4-3-5-9-17)26(35)31-13-7-12-21(31)25-29-20(15-38-25)23(33)18-10-6-11-19(32)14-18/h6,10-11,14-17,21-22,32H,3-5,7-9,12-13H2,1-2H3,(H,28,36)(H,30,34)/t16?,21-,22?/m1/s1. The lowest BCUT2D eigenvalue weighted by Crippen LogP contribution is -2.54. The number of likely N-dealkylation sites (tertiary alicyclic amines) is 1. The first-order chi connectivity index (χ1) is 18.3. The first kappa shape index (κ1) is 27.6. The van der Waals surface area contributed by atoms with E-state index in [4.69, 9.17) is 4.74 Å². The lowest BCUT2D eigenvalue weighted by atomic mass is 9.83. The number of nitrogens with zero attached hydrogens (tertiary/aromatic N) is 2. The van der Waals surface area contributed by atoms with Gasteiger partial charge in [0.1, 0.15) is 22.5 Å². The van der Waals surface area contributed by atoms with Crippen LogP contribution in [0, 0.1) is 5.92 Å². The Hall–Kier alpha value is -3.47. The topological polar surface area (TPSA) is 138 Å². The molecule has 1 aromatic carbocycles. The van der Waals surface area contributed by atoms with Gasteiger partial charge in [0.15, 0.2) is 6.10 Å². The number of carbonyl (C=O) groups is 4. The Kier molecular flexibility index (Phi) is 8.98. The minimum atomic E-state index is -1.05. The van der Waals surface area contributed by atoms with Crippen molar-refractivity contribution in [3.05, 3.63) is 45.9 Å². The summed E-state index contributed by atoms with van der Waals surface area (Å²) in [4.78, 5) is 57.7. The summed E-state index contributed by atoms with van der Waals surface area (Å²) in [6, 6.07) is 5.11. The third kappa shape index (κ3) is 6.32. The predicted octanol–water partition coefficient (Wildman–Crippen LogP) is 3.55. The maximum atomic E-state index is 13.9. The molecule has 2 fully saturated rings. The number of aromatic hydroxyl groups is 1. The molecule has 2 aliphatic rings. The lowest BCUT2D eigenvalue weighted by Gasteiger charge is -2.35. The van der Waals surface area contributed by atoms with Gasteiger partial charge in [0, 0.05) is 24.5 Å². The molecular formula is C27H34N4O6S. The van der Waals surface area contributed by atoms with Crippen molar-refractivity contribution in [2.24, 2.45) is 5.92 Å². The molecule has 2 heterocycles. The lowest BCUT2D eigenvalue weighted by molar-refractivity contribution is -0.141. The number of carbonyl (C=O) groups excluding carboxylic acids is 4. The molecule has 11 heteroatoms. The third-order valence-corrected chi connectivity index (χ3v) is 8.17. The Morgan fingerprint density at radius 3 is 2.61 bits per heavy atom. The number of nitrogens with one attached hydrogen (secondary N) is 2. The molecular weight excluding hydrogens is 508 g/mol. The SMILES string of the molecule is CNC(=O)OC(C)C(=O)NC(C(=O)N1CCC[C@@H]1c1nc(C(=O)c2cccc(O)c2)cs1)C1CCCCC1. The monoisotopic (exact) mass is 542 g/mol. The summed E-state index contributed by atoms with van der Waals surface area (Å²) in [6.07, 6.45) is 4.48. The minimum absolute atomic E-state index is 0.00436. The number of hydrogen-bond donors (Lipinski definition) is 3. The molecule has 1 aliphatic heterocycles. The first-order valence-corrected chi connectivity index (χ1v) is 13.9. The van der Waals surface area contributed by atoms with E-state index in [9.17, 15) is 24.3 Å². The summed E-state index contributed by atoms with van der Waals surface area (Å²) < 4.78 is 5.07. The van der Waals surface area contributed by atoms with E-state index in [1.54, 1.807) is 22.4 Å². The molecule has 0 radical (unpaired) electrons. The number of benzene rings is 1. The Balaban J connectivity index is 1.52. The van der Waals surface area contributed by atoms with Gasteiger partial charge in [-0.05, 0) is 50.7 Å². The number of aromatic nitrogens is 1. The van der Waals surface area contributed by atoms with Crippen LogP contribution in [0.5, 0.6) is 5.75 Å². The van der Waals surface area contributed by atoms with Gasteiger partial charge in [0.2, 0.25) is 11.7 Å². The van der Waals surface area contributed by atoms with E-state index in [1.807, 2.05) is 0 Å². The smallest absolute Gasteiger partial charge is 0.407 e.